The first kappa shape index (κ1) is 10.4. The number of hydrogen-bond acceptors (Lipinski definition) is 3. The van der Waals surface area contributed by atoms with Crippen LogP contribution in [0, 0.1) is 0 Å². The number of carbonyl (C=O) groups is 2. The molecular formula is C8H13NO3S. The van der Waals surface area contributed by atoms with Gasteiger partial charge in [0.25, 0.3) is 0 Å². The maximum atomic E-state index is 11.1. The van der Waals surface area contributed by atoms with Crippen molar-refractivity contribution in [1.82, 2.24) is 4.90 Å². The summed E-state index contributed by atoms with van der Waals surface area (Å²) in [7, 11) is -0.854. The van der Waals surface area contributed by atoms with Gasteiger partial charge in [-0.2, -0.15) is 0 Å². The van der Waals surface area contributed by atoms with Crippen LogP contribution in [0.4, 0.5) is 0 Å². The fraction of sp³-hybridized carbons (Fsp3) is 0.750. The summed E-state index contributed by atoms with van der Waals surface area (Å²) in [4.78, 5) is 23.4. The molecule has 74 valence electrons. The van der Waals surface area contributed by atoms with Crippen LogP contribution >= 0.6 is 0 Å². The molecule has 0 bridgehead atoms. The van der Waals surface area contributed by atoms with Gasteiger partial charge in [-0.1, -0.05) is 6.92 Å². The molecule has 1 heterocycles. The molecule has 0 aromatic rings. The molecule has 1 rings (SSSR count). The van der Waals surface area contributed by atoms with Crippen LogP contribution < -0.4 is 0 Å². The zero-order valence-electron chi connectivity index (χ0n) is 7.62. The fourth-order valence-electron chi connectivity index (χ4n) is 1.20. The van der Waals surface area contributed by atoms with Crippen LogP contribution in [-0.4, -0.2) is 45.4 Å². The van der Waals surface area contributed by atoms with E-state index in [1.54, 1.807) is 0 Å². The molecule has 1 saturated heterocycles. The summed E-state index contributed by atoms with van der Waals surface area (Å²) in [5.41, 5.74) is 0. The van der Waals surface area contributed by atoms with Crippen molar-refractivity contribution in [2.24, 2.45) is 0 Å². The molecule has 1 amide bonds. The Hall–Kier alpha value is -0.710. The van der Waals surface area contributed by atoms with Crippen molar-refractivity contribution in [1.29, 1.82) is 0 Å². The van der Waals surface area contributed by atoms with E-state index < -0.39 is 10.8 Å². The van der Waals surface area contributed by atoms with Crippen LogP contribution in [0.5, 0.6) is 0 Å². The van der Waals surface area contributed by atoms with E-state index in [2.05, 4.69) is 0 Å². The minimum Gasteiger partial charge on any atom is -0.334 e. The molecule has 5 heteroatoms. The van der Waals surface area contributed by atoms with Crippen LogP contribution in [0.25, 0.3) is 0 Å². The topological polar surface area (TPSA) is 54.5 Å². The lowest BCUT2D eigenvalue weighted by molar-refractivity contribution is -0.127. The number of carbonyl (C=O) groups excluding carboxylic acids is 2. The van der Waals surface area contributed by atoms with Gasteiger partial charge in [-0.3, -0.25) is 13.8 Å². The standard InChI is InChI=1S/C8H13NO3S/c1-2-13(12)4-3-9-6-7(10)5-8(9)11/h2-6H2,1H3. The molecule has 0 saturated carbocycles. The summed E-state index contributed by atoms with van der Waals surface area (Å²) in [6, 6.07) is 0. The SMILES string of the molecule is CCS(=O)CCN1CC(=O)CC1=O. The van der Waals surface area contributed by atoms with Crippen molar-refractivity contribution in [3.05, 3.63) is 0 Å². The predicted molar refractivity (Wildman–Crippen MR) is 49.8 cm³/mol. The maximum Gasteiger partial charge on any atom is 0.230 e. The Morgan fingerprint density at radius 1 is 1.46 bits per heavy atom. The Morgan fingerprint density at radius 3 is 2.62 bits per heavy atom. The highest BCUT2D eigenvalue weighted by atomic mass is 32.2. The second-order valence-corrected chi connectivity index (χ2v) is 4.83. The van der Waals surface area contributed by atoms with E-state index in [0.717, 1.165) is 0 Å². The summed E-state index contributed by atoms with van der Waals surface area (Å²) >= 11 is 0. The summed E-state index contributed by atoms with van der Waals surface area (Å²) in [5, 5.41) is 0. The van der Waals surface area contributed by atoms with Gasteiger partial charge >= 0.3 is 0 Å². The number of Topliss-reactive ketones (excluding diaryl/α,β-unsaturated/α-hetero) is 1. The van der Waals surface area contributed by atoms with Crippen LogP contribution in [0.1, 0.15) is 13.3 Å². The van der Waals surface area contributed by atoms with Crippen molar-refractivity contribution >= 4 is 22.5 Å². The van der Waals surface area contributed by atoms with Crippen molar-refractivity contribution in [3.8, 4) is 0 Å². The molecule has 13 heavy (non-hydrogen) atoms. The van der Waals surface area contributed by atoms with Gasteiger partial charge in [0.2, 0.25) is 5.91 Å². The van der Waals surface area contributed by atoms with E-state index in [1.165, 1.54) is 4.90 Å². The van der Waals surface area contributed by atoms with Gasteiger partial charge in [0.1, 0.15) is 0 Å². The largest absolute Gasteiger partial charge is 0.334 e. The van der Waals surface area contributed by atoms with Crippen LogP contribution in [0.3, 0.4) is 0 Å². The third-order valence-corrected chi connectivity index (χ3v) is 3.26. The first-order valence-electron chi connectivity index (χ1n) is 4.28. The van der Waals surface area contributed by atoms with E-state index in [9.17, 15) is 13.8 Å². The third-order valence-electron chi connectivity index (χ3n) is 1.98. The smallest absolute Gasteiger partial charge is 0.230 e. The number of amides is 1. The summed E-state index contributed by atoms with van der Waals surface area (Å²) < 4.78 is 11.0. The summed E-state index contributed by atoms with van der Waals surface area (Å²) in [6.07, 6.45) is 0.0265. The molecule has 0 radical (unpaired) electrons. The van der Waals surface area contributed by atoms with Gasteiger partial charge in [0, 0.05) is 28.9 Å². The summed E-state index contributed by atoms with van der Waals surface area (Å²) in [5.74, 6) is 0.927. The van der Waals surface area contributed by atoms with Crippen molar-refractivity contribution in [3.63, 3.8) is 0 Å². The second kappa shape index (κ2) is 4.50. The van der Waals surface area contributed by atoms with Gasteiger partial charge in [0.05, 0.1) is 13.0 Å². The highest BCUT2D eigenvalue weighted by Gasteiger charge is 2.26. The number of hydrogen-bond donors (Lipinski definition) is 0. The molecule has 0 aromatic carbocycles. The van der Waals surface area contributed by atoms with Crippen LogP contribution in [0.2, 0.25) is 0 Å². The molecular weight excluding hydrogens is 190 g/mol. The van der Waals surface area contributed by atoms with Gasteiger partial charge in [-0.15, -0.1) is 0 Å². The van der Waals surface area contributed by atoms with Gasteiger partial charge in [0.15, 0.2) is 5.78 Å². The highest BCUT2D eigenvalue weighted by molar-refractivity contribution is 7.84. The Kier molecular flexibility index (Phi) is 3.59. The normalized spacial score (nSPS) is 19.6. The third kappa shape index (κ3) is 2.91. The Labute approximate surface area is 79.7 Å². The van der Waals surface area contributed by atoms with Gasteiger partial charge in [-0.05, 0) is 0 Å². The highest BCUT2D eigenvalue weighted by Crippen LogP contribution is 2.05. The van der Waals surface area contributed by atoms with Crippen molar-refractivity contribution < 1.29 is 13.8 Å². The average molecular weight is 203 g/mol. The predicted octanol–water partition coefficient (Wildman–Crippen LogP) is -0.444. The lowest BCUT2D eigenvalue weighted by Gasteiger charge is -2.13. The molecule has 1 atom stereocenters. The maximum absolute atomic E-state index is 11.1. The average Bonchev–Trinajstić information content (AvgIpc) is 2.41. The lowest BCUT2D eigenvalue weighted by atomic mass is 10.3. The molecule has 0 N–H and O–H groups in total. The van der Waals surface area contributed by atoms with E-state index in [1.807, 2.05) is 6.92 Å². The molecule has 0 spiro atoms. The molecule has 1 aliphatic heterocycles. The minimum atomic E-state index is -0.854. The van der Waals surface area contributed by atoms with Gasteiger partial charge < -0.3 is 4.90 Å². The number of likely N-dealkylation sites (tertiary alicyclic amines) is 1. The molecule has 0 aliphatic carbocycles. The van der Waals surface area contributed by atoms with Crippen molar-refractivity contribution in [2.45, 2.75) is 13.3 Å². The Morgan fingerprint density at radius 2 is 2.15 bits per heavy atom. The van der Waals surface area contributed by atoms with Gasteiger partial charge in [-0.25, -0.2) is 0 Å². The number of ketones is 1. The zero-order chi connectivity index (χ0) is 9.84. The first-order valence-corrected chi connectivity index (χ1v) is 5.76. The zero-order valence-corrected chi connectivity index (χ0v) is 8.43. The molecule has 1 aliphatic rings. The monoisotopic (exact) mass is 203 g/mol. The quantitative estimate of drug-likeness (QED) is 0.582. The van der Waals surface area contributed by atoms with E-state index >= 15 is 0 Å². The molecule has 0 aromatic heterocycles. The summed E-state index contributed by atoms with van der Waals surface area (Å²) in [6.45, 7) is 2.50. The molecule has 1 fully saturated rings. The second-order valence-electron chi connectivity index (χ2n) is 2.96. The minimum absolute atomic E-state index is 0.0265. The van der Waals surface area contributed by atoms with E-state index in [4.69, 9.17) is 0 Å². The van der Waals surface area contributed by atoms with Crippen LogP contribution in [-0.2, 0) is 20.4 Å². The number of rotatable bonds is 4. The van der Waals surface area contributed by atoms with Crippen LogP contribution in [0.15, 0.2) is 0 Å². The fourth-order valence-corrected chi connectivity index (χ4v) is 1.91. The Balaban J connectivity index is 2.33. The Bertz CT molecular complexity index is 252. The number of nitrogens with zero attached hydrogens (tertiary/aromatic N) is 1. The first-order chi connectivity index (χ1) is 6.13. The van der Waals surface area contributed by atoms with E-state index in [0.29, 0.717) is 18.1 Å². The lowest BCUT2D eigenvalue weighted by Crippen LogP contribution is -2.29. The molecule has 4 nitrogen and oxygen atoms in total. The van der Waals surface area contributed by atoms with Crippen molar-refractivity contribution in [2.75, 3.05) is 24.6 Å². The molecule has 1 unspecified atom stereocenters. The van der Waals surface area contributed by atoms with E-state index in [-0.39, 0.29) is 24.7 Å².